The van der Waals surface area contributed by atoms with E-state index in [-0.39, 0.29) is 12.5 Å². The number of aryl methyl sites for hydroxylation is 1. The van der Waals surface area contributed by atoms with Gasteiger partial charge in [-0.2, -0.15) is 0 Å². The number of unbranched alkanes of at least 4 members (excludes halogenated alkanes) is 1. The van der Waals surface area contributed by atoms with Crippen LogP contribution in [0, 0.1) is 18.8 Å². The van der Waals surface area contributed by atoms with Crippen molar-refractivity contribution in [2.45, 2.75) is 33.1 Å². The van der Waals surface area contributed by atoms with E-state index in [1.807, 2.05) is 32.2 Å². The molecule has 0 unspecified atom stereocenters. The Labute approximate surface area is 121 Å². The second-order valence-electron chi connectivity index (χ2n) is 4.90. The molecule has 3 heteroatoms. The van der Waals surface area contributed by atoms with E-state index < -0.39 is 0 Å². The van der Waals surface area contributed by atoms with Crippen molar-refractivity contribution in [3.05, 3.63) is 34.9 Å². The van der Waals surface area contributed by atoms with Crippen LogP contribution in [-0.4, -0.2) is 36.1 Å². The molecule has 0 bridgehead atoms. The molecular weight excluding hydrogens is 250 g/mol. The molecule has 0 saturated carbocycles. The molecule has 1 N–H and O–H groups in total. The molecule has 0 aliphatic heterocycles. The summed E-state index contributed by atoms with van der Waals surface area (Å²) < 4.78 is 0. The summed E-state index contributed by atoms with van der Waals surface area (Å²) in [4.78, 5) is 14.2. The van der Waals surface area contributed by atoms with Gasteiger partial charge >= 0.3 is 0 Å². The number of aliphatic hydroxyl groups is 1. The van der Waals surface area contributed by atoms with Gasteiger partial charge in [0.15, 0.2) is 0 Å². The van der Waals surface area contributed by atoms with Crippen molar-refractivity contribution in [1.29, 1.82) is 0 Å². The van der Waals surface area contributed by atoms with E-state index >= 15 is 0 Å². The third-order valence-electron chi connectivity index (χ3n) is 3.06. The fourth-order valence-electron chi connectivity index (χ4n) is 1.86. The molecule has 0 fully saturated rings. The van der Waals surface area contributed by atoms with Crippen LogP contribution in [0.25, 0.3) is 0 Å². The maximum Gasteiger partial charge on any atom is 0.254 e. The first-order valence-electron chi connectivity index (χ1n) is 7.06. The number of aliphatic hydroxyl groups excluding tert-OH is 1. The van der Waals surface area contributed by atoms with Crippen molar-refractivity contribution < 1.29 is 9.90 Å². The summed E-state index contributed by atoms with van der Waals surface area (Å²) in [5.41, 5.74) is 2.43. The lowest BCUT2D eigenvalue weighted by Gasteiger charge is -2.18. The molecule has 0 radical (unpaired) electrons. The summed E-state index contributed by atoms with van der Waals surface area (Å²) >= 11 is 0. The molecule has 0 aromatic heterocycles. The average Bonchev–Trinajstić information content (AvgIpc) is 2.45. The highest BCUT2D eigenvalue weighted by Crippen LogP contribution is 2.13. The Balaban J connectivity index is 3.00. The first kappa shape index (κ1) is 16.3. The van der Waals surface area contributed by atoms with Gasteiger partial charge in [-0.25, -0.2) is 0 Å². The number of hydrogen-bond donors (Lipinski definition) is 1. The average molecular weight is 273 g/mol. The highest BCUT2D eigenvalue weighted by Gasteiger charge is 2.14. The van der Waals surface area contributed by atoms with Crippen LogP contribution in [0.15, 0.2) is 18.2 Å². The van der Waals surface area contributed by atoms with Gasteiger partial charge < -0.3 is 10.0 Å². The molecule has 1 rings (SSSR count). The van der Waals surface area contributed by atoms with Gasteiger partial charge in [-0.1, -0.05) is 36.8 Å². The molecule has 0 aliphatic rings. The molecular formula is C17H23NO2. The SMILES string of the molecule is CCCCN(C)C(=O)c1cc(C)ccc1C#CCCO. The third kappa shape index (κ3) is 4.71. The second kappa shape index (κ2) is 8.39. The van der Waals surface area contributed by atoms with Gasteiger partial charge in [-0.05, 0) is 25.5 Å². The fraction of sp³-hybridized carbons (Fsp3) is 0.471. The molecule has 0 aliphatic carbocycles. The van der Waals surface area contributed by atoms with Crippen LogP contribution in [0.5, 0.6) is 0 Å². The number of hydrogen-bond acceptors (Lipinski definition) is 2. The van der Waals surface area contributed by atoms with Gasteiger partial charge in [-0.3, -0.25) is 4.79 Å². The summed E-state index contributed by atoms with van der Waals surface area (Å²) in [5.74, 6) is 5.86. The third-order valence-corrected chi connectivity index (χ3v) is 3.06. The number of carbonyl (C=O) groups excluding carboxylic acids is 1. The molecule has 1 aromatic rings. The molecule has 1 aromatic carbocycles. The van der Waals surface area contributed by atoms with Crippen molar-refractivity contribution in [1.82, 2.24) is 4.90 Å². The molecule has 0 spiro atoms. The summed E-state index contributed by atoms with van der Waals surface area (Å²) in [5, 5.41) is 8.77. The summed E-state index contributed by atoms with van der Waals surface area (Å²) in [6.07, 6.45) is 2.49. The van der Waals surface area contributed by atoms with Crippen molar-refractivity contribution in [2.24, 2.45) is 0 Å². The van der Waals surface area contributed by atoms with Crippen LogP contribution in [-0.2, 0) is 0 Å². The van der Waals surface area contributed by atoms with Gasteiger partial charge in [0, 0.05) is 25.6 Å². The Morgan fingerprint density at radius 1 is 1.40 bits per heavy atom. The standard InChI is InChI=1S/C17H23NO2/c1-4-5-11-18(3)17(20)16-13-14(2)9-10-15(16)8-6-7-12-19/h9-10,13,19H,4-5,7,11-12H2,1-3H3. The highest BCUT2D eigenvalue weighted by atomic mass is 16.2. The van der Waals surface area contributed by atoms with E-state index in [4.69, 9.17) is 5.11 Å². The van der Waals surface area contributed by atoms with Crippen molar-refractivity contribution in [3.63, 3.8) is 0 Å². The van der Waals surface area contributed by atoms with Crippen LogP contribution < -0.4 is 0 Å². The highest BCUT2D eigenvalue weighted by molar-refractivity contribution is 5.96. The molecule has 0 saturated heterocycles. The lowest BCUT2D eigenvalue weighted by atomic mass is 10.0. The Bertz CT molecular complexity index is 511. The van der Waals surface area contributed by atoms with Crippen LogP contribution >= 0.6 is 0 Å². The first-order chi connectivity index (χ1) is 9.60. The molecule has 0 heterocycles. The maximum atomic E-state index is 12.5. The largest absolute Gasteiger partial charge is 0.395 e. The Hall–Kier alpha value is -1.79. The topological polar surface area (TPSA) is 40.5 Å². The van der Waals surface area contributed by atoms with E-state index in [1.54, 1.807) is 4.90 Å². The molecule has 0 atom stereocenters. The summed E-state index contributed by atoms with van der Waals surface area (Å²) in [6.45, 7) is 4.87. The van der Waals surface area contributed by atoms with Crippen molar-refractivity contribution >= 4 is 5.91 Å². The Morgan fingerprint density at radius 2 is 2.15 bits per heavy atom. The Kier molecular flexibility index (Phi) is 6.83. The van der Waals surface area contributed by atoms with Crippen LogP contribution in [0.4, 0.5) is 0 Å². The minimum Gasteiger partial charge on any atom is -0.395 e. The molecule has 20 heavy (non-hydrogen) atoms. The fourth-order valence-corrected chi connectivity index (χ4v) is 1.86. The van der Waals surface area contributed by atoms with Crippen LogP contribution in [0.1, 0.15) is 47.7 Å². The van der Waals surface area contributed by atoms with Gasteiger partial charge in [0.05, 0.1) is 12.2 Å². The minimum absolute atomic E-state index is 0.00967. The lowest BCUT2D eigenvalue weighted by molar-refractivity contribution is 0.0793. The number of rotatable bonds is 5. The predicted molar refractivity (Wildman–Crippen MR) is 81.6 cm³/mol. The van der Waals surface area contributed by atoms with Gasteiger partial charge in [0.2, 0.25) is 0 Å². The Morgan fingerprint density at radius 3 is 2.80 bits per heavy atom. The van der Waals surface area contributed by atoms with Gasteiger partial charge in [0.25, 0.3) is 5.91 Å². The zero-order chi connectivity index (χ0) is 15.0. The smallest absolute Gasteiger partial charge is 0.254 e. The number of benzene rings is 1. The first-order valence-corrected chi connectivity index (χ1v) is 7.06. The monoisotopic (exact) mass is 273 g/mol. The minimum atomic E-state index is 0.00967. The second-order valence-corrected chi connectivity index (χ2v) is 4.90. The number of nitrogens with zero attached hydrogens (tertiary/aromatic N) is 1. The zero-order valence-corrected chi connectivity index (χ0v) is 12.6. The molecule has 1 amide bonds. The van der Waals surface area contributed by atoms with Crippen molar-refractivity contribution in [2.75, 3.05) is 20.2 Å². The zero-order valence-electron chi connectivity index (χ0n) is 12.6. The summed E-state index contributed by atoms with van der Waals surface area (Å²) in [6, 6.07) is 5.71. The predicted octanol–water partition coefficient (Wildman–Crippen LogP) is 2.60. The lowest BCUT2D eigenvalue weighted by Crippen LogP contribution is -2.28. The molecule has 3 nitrogen and oxygen atoms in total. The quantitative estimate of drug-likeness (QED) is 0.838. The molecule has 108 valence electrons. The number of carbonyl (C=O) groups is 1. The van der Waals surface area contributed by atoms with E-state index in [2.05, 4.69) is 18.8 Å². The normalized spacial score (nSPS) is 9.80. The van der Waals surface area contributed by atoms with Crippen LogP contribution in [0.3, 0.4) is 0 Å². The van der Waals surface area contributed by atoms with Crippen LogP contribution in [0.2, 0.25) is 0 Å². The summed E-state index contributed by atoms with van der Waals surface area (Å²) in [7, 11) is 1.82. The van der Waals surface area contributed by atoms with E-state index in [0.717, 1.165) is 30.5 Å². The van der Waals surface area contributed by atoms with Gasteiger partial charge in [0.1, 0.15) is 0 Å². The van der Waals surface area contributed by atoms with Gasteiger partial charge in [-0.15, -0.1) is 0 Å². The number of amides is 1. The van der Waals surface area contributed by atoms with E-state index in [1.165, 1.54) is 0 Å². The van der Waals surface area contributed by atoms with E-state index in [9.17, 15) is 4.79 Å². The van der Waals surface area contributed by atoms with Crippen molar-refractivity contribution in [3.8, 4) is 11.8 Å². The maximum absolute atomic E-state index is 12.5. The van der Waals surface area contributed by atoms with E-state index in [0.29, 0.717) is 12.0 Å².